The minimum Gasteiger partial charge on any atom is -0.507 e. The molecule has 0 aliphatic rings. The molecular formula is C54H90N16O14. The lowest BCUT2D eigenvalue weighted by Gasteiger charge is -2.23. The third-order valence-corrected chi connectivity index (χ3v) is 12.9. The summed E-state index contributed by atoms with van der Waals surface area (Å²) in [7, 11) is 3.85. The Morgan fingerprint density at radius 2 is 1.01 bits per heavy atom. The number of nitrogens with one attached hydrogen (secondary N) is 8. The predicted molar refractivity (Wildman–Crippen MR) is 315 cm³/mol. The molecule has 0 saturated heterocycles. The number of aromatic hydroxyl groups is 1. The second-order valence-electron chi connectivity index (χ2n) is 20.2. The van der Waals surface area contributed by atoms with Gasteiger partial charge < -0.3 is 84.5 Å². The summed E-state index contributed by atoms with van der Waals surface area (Å²) in [6.07, 6.45) is 2.31. The first kappa shape index (κ1) is 71.8. The number of ketones is 4. The molecule has 0 saturated carbocycles. The fraction of sp³-hybridized carbons (Fsp3) is 0.574. The van der Waals surface area contributed by atoms with E-state index in [1.54, 1.807) is 6.08 Å². The fourth-order valence-corrected chi connectivity index (χ4v) is 8.57. The van der Waals surface area contributed by atoms with Crippen LogP contribution in [0.1, 0.15) is 90.2 Å². The summed E-state index contributed by atoms with van der Waals surface area (Å²) in [4.78, 5) is 102. The zero-order valence-electron chi connectivity index (χ0n) is 49.1. The maximum absolute atomic E-state index is 14.9. The van der Waals surface area contributed by atoms with Crippen LogP contribution in [0.3, 0.4) is 0 Å². The predicted octanol–water partition coefficient (Wildman–Crippen LogP) is -3.00. The molecule has 84 heavy (non-hydrogen) atoms. The third kappa shape index (κ3) is 23.6. The molecule has 0 radical (unpaired) electrons. The van der Waals surface area contributed by atoms with Crippen LogP contribution >= 0.6 is 0 Å². The highest BCUT2D eigenvalue weighted by Crippen LogP contribution is 2.42. The minimum atomic E-state index is -1.34. The number of Topliss-reactive ketones (excluding diaryl/α,β-unsaturated/α-hetero) is 4. The number of esters is 1. The zero-order valence-corrected chi connectivity index (χ0v) is 49.1. The number of allylic oxidation sites excluding steroid dienone is 4. The maximum Gasteiger partial charge on any atom is 0.324 e. The normalized spacial score (nSPS) is 13.0. The number of fused-ring (bicyclic) bond motifs is 2. The first-order valence-electron chi connectivity index (χ1n) is 27.5. The molecule has 0 aliphatic heterocycles. The van der Waals surface area contributed by atoms with Crippen LogP contribution in [0.15, 0.2) is 44.6 Å². The molecule has 3 rings (SSSR count). The van der Waals surface area contributed by atoms with Crippen LogP contribution in [0.2, 0.25) is 0 Å². The SMILES string of the molecule is CON[C@@H](CCCNC(N)N)C(=O)N[C@@H](CCCNC(N)N)C(=O)C(=O)COc1cc2oc3cc(OCC(=O)C(=O)[C@H](CCCNC(N)N)NN[C@@H](CCCNC(N)N)C(=O)OC)c(OC)c(CC=C(C)C)c3c(=O)c2c(O)c1CC=C(C)C. The van der Waals surface area contributed by atoms with Gasteiger partial charge in [0.25, 0.3) is 0 Å². The lowest BCUT2D eigenvalue weighted by atomic mass is 9.98. The summed E-state index contributed by atoms with van der Waals surface area (Å²) >= 11 is 0. The monoisotopic (exact) mass is 1190 g/mol. The average Bonchev–Trinajstić information content (AvgIpc) is 0.956. The summed E-state index contributed by atoms with van der Waals surface area (Å²) in [5, 5.41) is 25.8. The molecule has 30 nitrogen and oxygen atoms in total. The highest BCUT2D eigenvalue weighted by Gasteiger charge is 2.32. The molecule has 0 unspecified atom stereocenters. The summed E-state index contributed by atoms with van der Waals surface area (Å²) in [5.41, 5.74) is 54.1. The van der Waals surface area contributed by atoms with Gasteiger partial charge in [0.05, 0.1) is 38.8 Å². The van der Waals surface area contributed by atoms with E-state index in [2.05, 4.69) is 42.9 Å². The Morgan fingerprint density at radius 3 is 1.49 bits per heavy atom. The molecule has 0 fully saturated rings. The Morgan fingerprint density at radius 1 is 0.583 bits per heavy atom. The van der Waals surface area contributed by atoms with E-state index in [0.29, 0.717) is 32.4 Å². The van der Waals surface area contributed by atoms with Crippen LogP contribution in [-0.2, 0) is 51.2 Å². The van der Waals surface area contributed by atoms with Crippen molar-refractivity contribution < 1.29 is 62.1 Å². The molecule has 1 amide bonds. The number of carbonyl (C=O) groups is 6. The Balaban J connectivity index is 2.11. The number of phenolic OH excluding ortho intramolecular Hbond substituents is 1. The number of phenols is 1. The zero-order chi connectivity index (χ0) is 62.6. The second kappa shape index (κ2) is 37.1. The molecule has 0 spiro atoms. The van der Waals surface area contributed by atoms with Crippen molar-refractivity contribution in [1.82, 2.24) is 42.9 Å². The van der Waals surface area contributed by atoms with Gasteiger partial charge in [-0.3, -0.25) is 54.8 Å². The van der Waals surface area contributed by atoms with E-state index < -0.39 is 109 Å². The number of ether oxygens (including phenoxy) is 4. The van der Waals surface area contributed by atoms with E-state index in [1.807, 2.05) is 33.8 Å². The molecule has 2 aromatic carbocycles. The average molecular weight is 1190 g/mol. The van der Waals surface area contributed by atoms with Crippen molar-refractivity contribution in [3.05, 3.63) is 56.8 Å². The highest BCUT2D eigenvalue weighted by molar-refractivity contribution is 6.40. The molecule has 3 aromatic rings. The topological polar surface area (TPSA) is 503 Å². The van der Waals surface area contributed by atoms with Crippen molar-refractivity contribution in [2.45, 2.75) is 141 Å². The summed E-state index contributed by atoms with van der Waals surface area (Å²) < 4.78 is 29.3. The number of rotatable bonds is 43. The van der Waals surface area contributed by atoms with Gasteiger partial charge in [-0.25, -0.2) is 10.9 Å². The van der Waals surface area contributed by atoms with Gasteiger partial charge in [0, 0.05) is 23.3 Å². The van der Waals surface area contributed by atoms with Crippen molar-refractivity contribution in [2.24, 2.45) is 45.9 Å². The lowest BCUT2D eigenvalue weighted by molar-refractivity contribution is -0.144. The Kier molecular flexibility index (Phi) is 31.7. The summed E-state index contributed by atoms with van der Waals surface area (Å²) in [5.74, 6) is -5.97. The molecule has 30 heteroatoms. The minimum absolute atomic E-state index is 0.00169. The molecule has 4 atom stereocenters. The quantitative estimate of drug-likeness (QED) is 0.00511. The molecular weight excluding hydrogens is 1100 g/mol. The molecule has 470 valence electrons. The van der Waals surface area contributed by atoms with Gasteiger partial charge in [-0.1, -0.05) is 23.3 Å². The number of hydrazine groups is 1. The second-order valence-corrected chi connectivity index (χ2v) is 20.2. The highest BCUT2D eigenvalue weighted by atomic mass is 16.6. The first-order chi connectivity index (χ1) is 39.8. The summed E-state index contributed by atoms with van der Waals surface area (Å²) in [6.45, 7) is 6.85. The van der Waals surface area contributed by atoms with Crippen LogP contribution in [0.4, 0.5) is 0 Å². The maximum atomic E-state index is 14.9. The van der Waals surface area contributed by atoms with Crippen molar-refractivity contribution in [1.29, 1.82) is 0 Å². The number of amides is 1. The van der Waals surface area contributed by atoms with Gasteiger partial charge in [0.2, 0.25) is 34.5 Å². The van der Waals surface area contributed by atoms with Crippen molar-refractivity contribution in [2.75, 3.05) is 60.7 Å². The van der Waals surface area contributed by atoms with E-state index in [0.717, 1.165) is 11.1 Å². The van der Waals surface area contributed by atoms with Gasteiger partial charge in [0.1, 0.15) is 65.3 Å². The van der Waals surface area contributed by atoms with Crippen molar-refractivity contribution >= 4 is 56.9 Å². The lowest BCUT2D eigenvalue weighted by Crippen LogP contribution is -2.54. The van der Waals surface area contributed by atoms with Crippen LogP contribution < -0.4 is 108 Å². The number of nitrogens with two attached hydrogens (primary N) is 8. The van der Waals surface area contributed by atoms with Crippen LogP contribution in [0, 0.1) is 0 Å². The molecule has 25 N–H and O–H groups in total. The molecule has 0 bridgehead atoms. The van der Waals surface area contributed by atoms with Crippen LogP contribution in [-0.4, -0.2) is 150 Å². The van der Waals surface area contributed by atoms with Gasteiger partial charge >= 0.3 is 5.97 Å². The van der Waals surface area contributed by atoms with Crippen LogP contribution in [0.5, 0.6) is 23.0 Å². The molecule has 0 aliphatic carbocycles. The standard InChI is InChI=1S/C54H90N16O14/c1-28(2)16-18-30-38(82-26-36(71)45(74)32(12-8-20-63-51(55)56)67-49(77)34(70-81-7)14-10-22-65-53(59)60)24-40-43(44(30)73)47(76)42-31(19-17-29(3)4)48(79-5)41(25-39(42)84-40)83-27-37(72)46(75)33(13-9-21-64-52(57)58)68-69-35(50(78)80-6)15-11-23-66-54(61)62/h16-17,24-25,32-35,51-54,63-66,68-70,73H,8-15,18-23,26-27,55-62H2,1-7H3,(H,67,77)/t32-,33-,34-,35-/m0/s1. The fourth-order valence-electron chi connectivity index (χ4n) is 8.57. The van der Waals surface area contributed by atoms with Crippen molar-refractivity contribution in [3.8, 4) is 23.0 Å². The van der Waals surface area contributed by atoms with Gasteiger partial charge in [-0.15, -0.1) is 0 Å². The Hall–Kier alpha value is -6.43. The number of hydrogen-bond donors (Lipinski definition) is 17. The van der Waals surface area contributed by atoms with E-state index >= 15 is 0 Å². The largest absolute Gasteiger partial charge is 0.507 e. The first-order valence-corrected chi connectivity index (χ1v) is 27.5. The molecule has 1 aromatic heterocycles. The number of carbonyl (C=O) groups excluding carboxylic acids is 6. The van der Waals surface area contributed by atoms with Crippen molar-refractivity contribution in [3.63, 3.8) is 0 Å². The van der Waals surface area contributed by atoms with E-state index in [-0.39, 0.29) is 108 Å². The Bertz CT molecular complexity index is 2780. The number of hydrogen-bond acceptors (Lipinski definition) is 29. The van der Waals surface area contributed by atoms with E-state index in [4.69, 9.17) is 74.1 Å². The Labute approximate surface area is 488 Å². The smallest absolute Gasteiger partial charge is 0.324 e. The van der Waals surface area contributed by atoms with E-state index in [9.17, 15) is 38.7 Å². The number of hydroxylamine groups is 1. The van der Waals surface area contributed by atoms with E-state index in [1.165, 1.54) is 33.5 Å². The van der Waals surface area contributed by atoms with Gasteiger partial charge in [0.15, 0.2) is 24.7 Å². The third-order valence-electron chi connectivity index (χ3n) is 12.9. The van der Waals surface area contributed by atoms with Gasteiger partial charge in [-0.2, -0.15) is 5.48 Å². The number of methoxy groups -OCH3 is 2. The molecule has 1 heterocycles. The number of benzene rings is 2. The summed E-state index contributed by atoms with van der Waals surface area (Å²) in [6, 6.07) is -1.84. The van der Waals surface area contributed by atoms with Crippen LogP contribution in [0.25, 0.3) is 21.9 Å². The van der Waals surface area contributed by atoms with Gasteiger partial charge in [-0.05, 0) is 118 Å².